The highest BCUT2D eigenvalue weighted by molar-refractivity contribution is 5.93. The molecule has 3 N–H and O–H groups in total. The van der Waals surface area contributed by atoms with Gasteiger partial charge < -0.3 is 11.1 Å². The number of nitrogens with two attached hydrogens (primary N) is 1. The van der Waals surface area contributed by atoms with E-state index in [0.717, 1.165) is 32.5 Å². The molecule has 0 aromatic heterocycles. The molecule has 0 aliphatic carbocycles. The van der Waals surface area contributed by atoms with Crippen molar-refractivity contribution in [1.29, 1.82) is 0 Å². The highest BCUT2D eigenvalue weighted by Gasteiger charge is 2.21. The van der Waals surface area contributed by atoms with Crippen molar-refractivity contribution in [2.45, 2.75) is 25.4 Å². The van der Waals surface area contributed by atoms with E-state index in [2.05, 4.69) is 22.3 Å². The van der Waals surface area contributed by atoms with E-state index in [1.807, 2.05) is 18.2 Å². The summed E-state index contributed by atoms with van der Waals surface area (Å²) in [6.45, 7) is 2.77. The number of likely N-dealkylation sites (tertiary alicyclic amines) is 1. The molecule has 0 spiro atoms. The molecule has 1 aliphatic rings. The molecule has 2 aromatic carbocycles. The van der Waals surface area contributed by atoms with Gasteiger partial charge in [0.2, 0.25) is 5.91 Å². The lowest BCUT2D eigenvalue weighted by Crippen LogP contribution is -2.41. The van der Waals surface area contributed by atoms with Crippen molar-refractivity contribution < 1.29 is 9.18 Å². The third-order valence-electron chi connectivity index (χ3n) is 4.37. The number of hydrogen-bond donors (Lipinski definition) is 2. The van der Waals surface area contributed by atoms with Gasteiger partial charge in [0.05, 0.1) is 5.69 Å². The average molecular weight is 327 g/mol. The van der Waals surface area contributed by atoms with Crippen molar-refractivity contribution in [1.82, 2.24) is 4.90 Å². The Hall–Kier alpha value is -2.40. The SMILES string of the molecule is NC(=O)c1ccc(F)c(NC2CCCN(Cc3ccccc3)C2)c1. The first-order valence-corrected chi connectivity index (χ1v) is 8.24. The van der Waals surface area contributed by atoms with Crippen molar-refractivity contribution in [3.8, 4) is 0 Å². The van der Waals surface area contributed by atoms with Crippen LogP contribution in [-0.2, 0) is 6.54 Å². The van der Waals surface area contributed by atoms with Crippen LogP contribution < -0.4 is 11.1 Å². The predicted molar refractivity (Wildman–Crippen MR) is 93.3 cm³/mol. The summed E-state index contributed by atoms with van der Waals surface area (Å²) in [5.41, 5.74) is 7.22. The Balaban J connectivity index is 1.65. The van der Waals surface area contributed by atoms with Crippen molar-refractivity contribution in [2.24, 2.45) is 5.73 Å². The highest BCUT2D eigenvalue weighted by Crippen LogP contribution is 2.21. The Morgan fingerprint density at radius 2 is 2.04 bits per heavy atom. The second kappa shape index (κ2) is 7.45. The average Bonchev–Trinajstić information content (AvgIpc) is 2.58. The Morgan fingerprint density at radius 1 is 1.25 bits per heavy atom. The number of nitrogens with zero attached hydrogens (tertiary/aromatic N) is 1. The minimum Gasteiger partial charge on any atom is -0.379 e. The molecule has 0 saturated carbocycles. The summed E-state index contributed by atoms with van der Waals surface area (Å²) in [6.07, 6.45) is 2.03. The molecule has 1 heterocycles. The highest BCUT2D eigenvalue weighted by atomic mass is 19.1. The number of carbonyl (C=O) groups excluding carboxylic acids is 1. The molecule has 3 rings (SSSR count). The number of hydrogen-bond acceptors (Lipinski definition) is 3. The lowest BCUT2D eigenvalue weighted by Gasteiger charge is -2.33. The molecule has 1 aliphatic heterocycles. The molecule has 1 fully saturated rings. The number of rotatable bonds is 5. The predicted octanol–water partition coefficient (Wildman–Crippen LogP) is 3.00. The third-order valence-corrected chi connectivity index (χ3v) is 4.37. The molecule has 1 saturated heterocycles. The smallest absolute Gasteiger partial charge is 0.248 e. The first-order valence-electron chi connectivity index (χ1n) is 8.24. The van der Waals surface area contributed by atoms with Gasteiger partial charge in [-0.15, -0.1) is 0 Å². The van der Waals surface area contributed by atoms with Gasteiger partial charge in [-0.25, -0.2) is 4.39 Å². The van der Waals surface area contributed by atoms with Crippen LogP contribution in [0.5, 0.6) is 0 Å². The van der Waals surface area contributed by atoms with Gasteiger partial charge in [-0.2, -0.15) is 0 Å². The standard InChI is InChI=1S/C19H22FN3O/c20-17-9-8-15(19(21)24)11-18(17)22-16-7-4-10-23(13-16)12-14-5-2-1-3-6-14/h1-3,5-6,8-9,11,16,22H,4,7,10,12-13H2,(H2,21,24). The van der Waals surface area contributed by atoms with Crippen LogP contribution in [0.1, 0.15) is 28.8 Å². The van der Waals surface area contributed by atoms with E-state index in [1.54, 1.807) is 0 Å². The van der Waals surface area contributed by atoms with Gasteiger partial charge in [0.1, 0.15) is 5.82 Å². The fourth-order valence-corrected chi connectivity index (χ4v) is 3.17. The fourth-order valence-electron chi connectivity index (χ4n) is 3.17. The number of amides is 1. The Morgan fingerprint density at radius 3 is 2.79 bits per heavy atom. The maximum Gasteiger partial charge on any atom is 0.248 e. The maximum atomic E-state index is 14.0. The summed E-state index contributed by atoms with van der Waals surface area (Å²) in [6, 6.07) is 14.7. The van der Waals surface area contributed by atoms with Crippen LogP contribution in [0.2, 0.25) is 0 Å². The summed E-state index contributed by atoms with van der Waals surface area (Å²) in [7, 11) is 0. The molecule has 1 unspecified atom stereocenters. The van der Waals surface area contributed by atoms with E-state index in [9.17, 15) is 9.18 Å². The van der Waals surface area contributed by atoms with Crippen LogP contribution >= 0.6 is 0 Å². The van der Waals surface area contributed by atoms with E-state index in [0.29, 0.717) is 11.3 Å². The van der Waals surface area contributed by atoms with Crippen LogP contribution in [0, 0.1) is 5.82 Å². The number of nitrogens with one attached hydrogen (secondary N) is 1. The summed E-state index contributed by atoms with van der Waals surface area (Å²) < 4.78 is 14.0. The maximum absolute atomic E-state index is 14.0. The lowest BCUT2D eigenvalue weighted by atomic mass is 10.0. The van der Waals surface area contributed by atoms with Gasteiger partial charge in [-0.3, -0.25) is 9.69 Å². The molecule has 24 heavy (non-hydrogen) atoms. The molecule has 0 bridgehead atoms. The van der Waals surface area contributed by atoms with E-state index >= 15 is 0 Å². The van der Waals surface area contributed by atoms with Gasteiger partial charge >= 0.3 is 0 Å². The summed E-state index contributed by atoms with van der Waals surface area (Å²) in [4.78, 5) is 13.6. The van der Waals surface area contributed by atoms with E-state index < -0.39 is 5.91 Å². The summed E-state index contributed by atoms with van der Waals surface area (Å²) in [5, 5.41) is 3.24. The molecule has 4 nitrogen and oxygen atoms in total. The van der Waals surface area contributed by atoms with Gasteiger partial charge in [0.15, 0.2) is 0 Å². The first kappa shape index (κ1) is 16.5. The van der Waals surface area contributed by atoms with Crippen LogP contribution in [0.25, 0.3) is 0 Å². The van der Waals surface area contributed by atoms with E-state index in [-0.39, 0.29) is 11.9 Å². The van der Waals surface area contributed by atoms with Crippen LogP contribution in [-0.4, -0.2) is 29.9 Å². The third kappa shape index (κ3) is 4.11. The van der Waals surface area contributed by atoms with Gasteiger partial charge in [-0.05, 0) is 43.1 Å². The number of anilines is 1. The normalized spacial score (nSPS) is 18.3. The summed E-state index contributed by atoms with van der Waals surface area (Å²) in [5.74, 6) is -0.910. The number of piperidine rings is 1. The van der Waals surface area contributed by atoms with E-state index in [4.69, 9.17) is 5.73 Å². The zero-order valence-electron chi connectivity index (χ0n) is 13.5. The van der Waals surface area contributed by atoms with Crippen LogP contribution in [0.3, 0.4) is 0 Å². The molecular formula is C19H22FN3O. The number of benzene rings is 2. The molecule has 2 aromatic rings. The first-order chi connectivity index (χ1) is 11.6. The second-order valence-corrected chi connectivity index (χ2v) is 6.26. The minimum atomic E-state index is -0.549. The Bertz CT molecular complexity index is 705. The Kier molecular flexibility index (Phi) is 5.11. The monoisotopic (exact) mass is 327 g/mol. The van der Waals surface area contributed by atoms with Gasteiger partial charge in [0.25, 0.3) is 0 Å². The number of primary amides is 1. The molecule has 0 radical (unpaired) electrons. The van der Waals surface area contributed by atoms with Crippen molar-refractivity contribution in [3.63, 3.8) is 0 Å². The molecule has 1 atom stereocenters. The Labute approximate surface area is 141 Å². The molecule has 126 valence electrons. The van der Waals surface area contributed by atoms with E-state index in [1.165, 1.54) is 23.8 Å². The van der Waals surface area contributed by atoms with Crippen molar-refractivity contribution >= 4 is 11.6 Å². The zero-order chi connectivity index (χ0) is 16.9. The largest absolute Gasteiger partial charge is 0.379 e. The fraction of sp³-hybridized carbons (Fsp3) is 0.316. The molecule has 5 heteroatoms. The number of halogens is 1. The molecular weight excluding hydrogens is 305 g/mol. The summed E-state index contributed by atoms with van der Waals surface area (Å²) >= 11 is 0. The zero-order valence-corrected chi connectivity index (χ0v) is 13.5. The molecule has 1 amide bonds. The second-order valence-electron chi connectivity index (χ2n) is 6.26. The van der Waals surface area contributed by atoms with Crippen molar-refractivity contribution in [3.05, 3.63) is 65.5 Å². The lowest BCUT2D eigenvalue weighted by molar-refractivity contribution is 0.100. The van der Waals surface area contributed by atoms with Gasteiger partial charge in [0, 0.05) is 24.7 Å². The van der Waals surface area contributed by atoms with Crippen molar-refractivity contribution in [2.75, 3.05) is 18.4 Å². The minimum absolute atomic E-state index is 0.153. The van der Waals surface area contributed by atoms with Crippen LogP contribution in [0.4, 0.5) is 10.1 Å². The quantitative estimate of drug-likeness (QED) is 0.887. The topological polar surface area (TPSA) is 58.4 Å². The number of carbonyl (C=O) groups is 1. The van der Waals surface area contributed by atoms with Gasteiger partial charge in [-0.1, -0.05) is 30.3 Å². The van der Waals surface area contributed by atoms with Crippen LogP contribution in [0.15, 0.2) is 48.5 Å².